The monoisotopic (exact) mass is 446 g/mol. The predicted molar refractivity (Wildman–Crippen MR) is 125 cm³/mol. The summed E-state index contributed by atoms with van der Waals surface area (Å²) >= 11 is 0. The number of benzene rings is 1. The predicted octanol–water partition coefficient (Wildman–Crippen LogP) is 2.19. The number of aryl methyl sites for hydroxylation is 1. The highest BCUT2D eigenvalue weighted by Gasteiger charge is 2.23. The Morgan fingerprint density at radius 2 is 1.79 bits per heavy atom. The van der Waals surface area contributed by atoms with Crippen LogP contribution in [0.2, 0.25) is 0 Å². The van der Waals surface area contributed by atoms with E-state index in [1.54, 1.807) is 16.9 Å². The van der Waals surface area contributed by atoms with Gasteiger partial charge in [-0.2, -0.15) is 5.10 Å². The molecule has 0 bridgehead atoms. The summed E-state index contributed by atoms with van der Waals surface area (Å²) in [5.74, 6) is -0.0553. The molecule has 3 aromatic rings. The van der Waals surface area contributed by atoms with E-state index in [1.165, 1.54) is 5.56 Å². The van der Waals surface area contributed by atoms with Crippen LogP contribution in [0.5, 0.6) is 0 Å². The van der Waals surface area contributed by atoms with Crippen molar-refractivity contribution in [3.8, 4) is 0 Å². The molecule has 0 atom stereocenters. The first kappa shape index (κ1) is 21.7. The topological polar surface area (TPSA) is 82.8 Å². The van der Waals surface area contributed by atoms with Gasteiger partial charge in [0.05, 0.1) is 17.5 Å². The molecule has 1 saturated heterocycles. The summed E-state index contributed by atoms with van der Waals surface area (Å²) in [5.41, 5.74) is 3.85. The van der Waals surface area contributed by atoms with Crippen molar-refractivity contribution in [2.75, 3.05) is 39.3 Å². The van der Waals surface area contributed by atoms with Gasteiger partial charge in [-0.1, -0.05) is 30.3 Å². The van der Waals surface area contributed by atoms with Crippen LogP contribution in [0, 0.1) is 0 Å². The van der Waals surface area contributed by atoms with E-state index in [2.05, 4.69) is 55.5 Å². The van der Waals surface area contributed by atoms with Gasteiger partial charge in [-0.15, -0.1) is 0 Å². The Hall–Kier alpha value is -3.10. The van der Waals surface area contributed by atoms with E-state index in [0.717, 1.165) is 64.2 Å². The Balaban J connectivity index is 1.08. The maximum Gasteiger partial charge on any atom is 0.256 e. The standard InChI is InChI=1S/C25H30N6O2/c32-23-9-4-8-22-20(23)16-27-24-21(17-28-31(22)24)25(33)26-10-5-11-29-12-14-30(15-13-29)18-19-6-2-1-3-7-19/h1-3,6-7,16-17H,4-5,8-15,18H2,(H,26,33). The van der Waals surface area contributed by atoms with Gasteiger partial charge in [0.15, 0.2) is 11.4 Å². The summed E-state index contributed by atoms with van der Waals surface area (Å²) in [7, 11) is 0. The lowest BCUT2D eigenvalue weighted by Gasteiger charge is -2.34. The van der Waals surface area contributed by atoms with E-state index in [4.69, 9.17) is 0 Å². The van der Waals surface area contributed by atoms with Crippen molar-refractivity contribution >= 4 is 17.3 Å². The minimum atomic E-state index is -0.160. The molecule has 2 aromatic heterocycles. The Kier molecular flexibility index (Phi) is 6.46. The van der Waals surface area contributed by atoms with Crippen molar-refractivity contribution in [1.29, 1.82) is 0 Å². The van der Waals surface area contributed by atoms with E-state index in [0.29, 0.717) is 29.7 Å². The van der Waals surface area contributed by atoms with Gasteiger partial charge in [0.25, 0.3) is 5.91 Å². The number of aromatic nitrogens is 3. The molecule has 0 unspecified atom stereocenters. The van der Waals surface area contributed by atoms with Gasteiger partial charge in [0.2, 0.25) is 0 Å². The van der Waals surface area contributed by atoms with E-state index >= 15 is 0 Å². The molecule has 8 nitrogen and oxygen atoms in total. The van der Waals surface area contributed by atoms with E-state index in [9.17, 15) is 9.59 Å². The minimum Gasteiger partial charge on any atom is -0.352 e. The second-order valence-electron chi connectivity index (χ2n) is 8.90. The average Bonchev–Trinajstić information content (AvgIpc) is 3.28. The summed E-state index contributed by atoms with van der Waals surface area (Å²) in [6, 6.07) is 10.6. The number of Topliss-reactive ketones (excluding diaryl/α,β-unsaturated/α-hetero) is 1. The lowest BCUT2D eigenvalue weighted by molar-refractivity contribution is 0.0946. The average molecular weight is 447 g/mol. The lowest BCUT2D eigenvalue weighted by Crippen LogP contribution is -2.46. The largest absolute Gasteiger partial charge is 0.352 e. The van der Waals surface area contributed by atoms with Gasteiger partial charge in [-0.3, -0.25) is 14.5 Å². The Labute approximate surface area is 193 Å². The summed E-state index contributed by atoms with van der Waals surface area (Å²) in [6.07, 6.45) is 6.21. The zero-order chi connectivity index (χ0) is 22.6. The van der Waals surface area contributed by atoms with Crippen LogP contribution in [-0.4, -0.2) is 75.4 Å². The molecule has 0 radical (unpaired) electrons. The van der Waals surface area contributed by atoms with Crippen LogP contribution >= 0.6 is 0 Å². The van der Waals surface area contributed by atoms with E-state index < -0.39 is 0 Å². The van der Waals surface area contributed by atoms with Gasteiger partial charge in [0, 0.05) is 51.9 Å². The molecule has 1 amide bonds. The molecule has 0 saturated carbocycles. The molecule has 8 heteroatoms. The third-order valence-corrected chi connectivity index (χ3v) is 6.64. The number of hydrogen-bond donors (Lipinski definition) is 1. The Bertz CT molecular complexity index is 1130. The van der Waals surface area contributed by atoms with Crippen molar-refractivity contribution in [3.05, 3.63) is 65.1 Å². The van der Waals surface area contributed by atoms with Crippen LogP contribution in [0.3, 0.4) is 0 Å². The normalized spacial score (nSPS) is 17.3. The van der Waals surface area contributed by atoms with Crippen LogP contribution < -0.4 is 5.32 Å². The molecule has 172 valence electrons. The third kappa shape index (κ3) is 4.82. The molecule has 1 aromatic carbocycles. The fraction of sp³-hybridized carbons (Fsp3) is 0.440. The van der Waals surface area contributed by atoms with Crippen molar-refractivity contribution in [1.82, 2.24) is 29.7 Å². The molecule has 1 N–H and O–H groups in total. The number of nitrogens with one attached hydrogen (secondary N) is 1. The second-order valence-corrected chi connectivity index (χ2v) is 8.90. The van der Waals surface area contributed by atoms with Gasteiger partial charge in [0.1, 0.15) is 5.56 Å². The molecule has 1 fully saturated rings. The van der Waals surface area contributed by atoms with Gasteiger partial charge in [-0.05, 0) is 31.4 Å². The van der Waals surface area contributed by atoms with Gasteiger partial charge in [-0.25, -0.2) is 9.50 Å². The Morgan fingerprint density at radius 3 is 2.61 bits per heavy atom. The zero-order valence-electron chi connectivity index (χ0n) is 18.9. The fourth-order valence-corrected chi connectivity index (χ4v) is 4.78. The lowest BCUT2D eigenvalue weighted by atomic mass is 9.96. The molecule has 0 spiro atoms. The number of hydrogen-bond acceptors (Lipinski definition) is 6. The summed E-state index contributed by atoms with van der Waals surface area (Å²) < 4.78 is 1.66. The second kappa shape index (κ2) is 9.80. The SMILES string of the molecule is O=C1CCCc2c1cnc1c(C(=O)NCCCN3CCN(Cc4ccccc4)CC3)cnn21. The molecule has 3 heterocycles. The third-order valence-electron chi connectivity index (χ3n) is 6.64. The maximum absolute atomic E-state index is 12.7. The first-order valence-electron chi connectivity index (χ1n) is 11.8. The van der Waals surface area contributed by atoms with Crippen molar-refractivity contribution in [3.63, 3.8) is 0 Å². The molecule has 5 rings (SSSR count). The van der Waals surface area contributed by atoms with Gasteiger partial charge < -0.3 is 10.2 Å². The molecule has 1 aliphatic heterocycles. The number of fused-ring (bicyclic) bond motifs is 3. The number of carbonyl (C=O) groups excluding carboxylic acids is 2. The number of amides is 1. The van der Waals surface area contributed by atoms with Crippen LogP contribution in [0.25, 0.3) is 5.65 Å². The molecule has 1 aliphatic carbocycles. The summed E-state index contributed by atoms with van der Waals surface area (Å²) in [5, 5.41) is 7.37. The molecule has 33 heavy (non-hydrogen) atoms. The zero-order valence-corrected chi connectivity index (χ0v) is 18.9. The van der Waals surface area contributed by atoms with Crippen LogP contribution in [0.4, 0.5) is 0 Å². The first-order chi connectivity index (χ1) is 16.2. The summed E-state index contributed by atoms with van der Waals surface area (Å²) in [6.45, 7) is 6.86. The highest BCUT2D eigenvalue weighted by atomic mass is 16.1. The maximum atomic E-state index is 12.7. The van der Waals surface area contributed by atoms with E-state index in [1.807, 2.05) is 0 Å². The fourth-order valence-electron chi connectivity index (χ4n) is 4.78. The molecular formula is C25H30N6O2. The number of rotatable bonds is 7. The van der Waals surface area contributed by atoms with Crippen molar-refractivity contribution in [2.45, 2.75) is 32.2 Å². The highest BCUT2D eigenvalue weighted by Crippen LogP contribution is 2.22. The summed E-state index contributed by atoms with van der Waals surface area (Å²) in [4.78, 5) is 34.2. The smallest absolute Gasteiger partial charge is 0.256 e. The Morgan fingerprint density at radius 1 is 1.00 bits per heavy atom. The van der Waals surface area contributed by atoms with Crippen LogP contribution in [0.15, 0.2) is 42.7 Å². The van der Waals surface area contributed by atoms with Gasteiger partial charge >= 0.3 is 0 Å². The van der Waals surface area contributed by atoms with Crippen molar-refractivity contribution in [2.24, 2.45) is 0 Å². The first-order valence-corrected chi connectivity index (χ1v) is 11.8. The number of piperazine rings is 1. The number of nitrogens with zero attached hydrogens (tertiary/aromatic N) is 5. The number of carbonyl (C=O) groups is 2. The highest BCUT2D eigenvalue weighted by molar-refractivity contribution is 6.01. The van der Waals surface area contributed by atoms with E-state index in [-0.39, 0.29) is 11.7 Å². The van der Waals surface area contributed by atoms with Crippen LogP contribution in [-0.2, 0) is 13.0 Å². The number of ketones is 1. The van der Waals surface area contributed by atoms with Crippen LogP contribution in [0.1, 0.15) is 51.2 Å². The van der Waals surface area contributed by atoms with Crippen molar-refractivity contribution < 1.29 is 9.59 Å². The minimum absolute atomic E-state index is 0.105. The quantitative estimate of drug-likeness (QED) is 0.560. The molecular weight excluding hydrogens is 416 g/mol. The molecule has 2 aliphatic rings.